The molecule has 1 radical (unpaired) electrons. The molecule has 0 bridgehead atoms. The van der Waals surface area contributed by atoms with Crippen LogP contribution in [0, 0.1) is 17.6 Å². The van der Waals surface area contributed by atoms with Crippen LogP contribution in [0.1, 0.15) is 70.4 Å². The fourth-order valence-corrected chi connectivity index (χ4v) is 5.38. The second-order valence-electron chi connectivity index (χ2n) is 10.9. The number of carbonyl (C=O) groups is 3. The number of hydrogen-bond donors (Lipinski definition) is 3. The van der Waals surface area contributed by atoms with E-state index in [1.807, 2.05) is 40.7 Å². The number of hydrogen-bond acceptors (Lipinski definition) is 12. The van der Waals surface area contributed by atoms with E-state index in [4.69, 9.17) is 15.5 Å². The number of carboxylic acids is 3. The summed E-state index contributed by atoms with van der Waals surface area (Å²) in [6.45, 7) is 9.96. The largest absolute Gasteiger partial charge is 3.00 e. The van der Waals surface area contributed by atoms with Gasteiger partial charge < -0.3 is 43.5 Å². The Hall–Kier alpha value is -6.49. The maximum absolute atomic E-state index is 12.6. The number of aromatic carboxylic acids is 2. The van der Waals surface area contributed by atoms with Gasteiger partial charge in [-0.05, 0) is 55.5 Å². The number of alkyl halides is 3. The zero-order valence-electron chi connectivity index (χ0n) is 34.3. The van der Waals surface area contributed by atoms with E-state index in [9.17, 15) is 32.7 Å². The molecule has 5 aromatic heterocycles. The number of allylic oxidation sites excluding steroid dienone is 1. The molecule has 3 N–H and O–H groups in total. The first kappa shape index (κ1) is 55.5. The zero-order chi connectivity index (χ0) is 46.1. The number of pyridine rings is 3. The van der Waals surface area contributed by atoms with E-state index >= 15 is 0 Å². The Morgan fingerprint density at radius 1 is 0.952 bits per heavy atom. The smallest absolute Gasteiger partial charge is 0.696 e. The quantitative estimate of drug-likeness (QED) is 0.0264. The number of carboxylic acid groups (broad SMARTS) is 3. The number of nitrogens with zero attached hydrogens (tertiary/aromatic N) is 9. The van der Waals surface area contributed by atoms with Gasteiger partial charge >= 0.3 is 43.6 Å². The summed E-state index contributed by atoms with van der Waals surface area (Å²) in [6, 6.07) is 11.5. The number of nitriles is 1. The summed E-state index contributed by atoms with van der Waals surface area (Å²) >= 11 is 5.26. The fourth-order valence-electron chi connectivity index (χ4n) is 4.42. The van der Waals surface area contributed by atoms with Crippen LogP contribution in [-0.2, 0) is 49.5 Å². The van der Waals surface area contributed by atoms with Gasteiger partial charge in [0.15, 0.2) is 0 Å². The number of halogens is 3. The molecule has 0 spiro atoms. The van der Waals surface area contributed by atoms with Crippen LogP contribution < -0.4 is 5.10 Å². The second kappa shape index (κ2) is 28.9. The van der Waals surface area contributed by atoms with Crippen molar-refractivity contribution in [2.24, 2.45) is 9.98 Å². The molecule has 5 rings (SSSR count). The van der Waals surface area contributed by atoms with E-state index in [2.05, 4.69) is 53.1 Å². The van der Waals surface area contributed by atoms with Crippen LogP contribution in [0.4, 0.5) is 18.9 Å². The molecule has 15 nitrogen and oxygen atoms in total. The molecule has 0 atom stereocenters. The minimum Gasteiger partial charge on any atom is -0.696 e. The van der Waals surface area contributed by atoms with Gasteiger partial charge in [-0.3, -0.25) is 24.9 Å². The minimum atomic E-state index is -4.51. The monoisotopic (exact) mass is 978 g/mol. The van der Waals surface area contributed by atoms with E-state index in [0.717, 1.165) is 27.1 Å². The summed E-state index contributed by atoms with van der Waals surface area (Å²) in [4.78, 5) is 56.1. The van der Waals surface area contributed by atoms with Crippen LogP contribution in [0.5, 0.6) is 0 Å². The standard InChI is InChI=1S/C19H16N3O6.C17H13F3N5S.2C2H6.CHNS.Ru/c1-20-15(16-10-13(19(27)28)5-7-22-16)9-11(17(23)24)2-3-14-8-12(18(25)26)4-6-21-14;1-10-13(22-6-5-21-2)7-15(26-10)11-3-4-12(23-9-11)14-8-16(25-24-14)17(18,19)20;2*1-2;2-1-3;/h2,4-10H,3H2,1H3,(H,23,24)(H,25,26)(H,27,28);3-9H,1-2H3;2*1-2H3;3H;/q2*-1;;;;+3/p-1/b11-2+,15-9-;;;;;. The molecule has 327 valence electrons. The predicted molar refractivity (Wildman–Crippen MR) is 231 cm³/mol. The summed E-state index contributed by atoms with van der Waals surface area (Å²) in [5, 5.41) is 46.7. The molecule has 0 aliphatic carbocycles. The van der Waals surface area contributed by atoms with Gasteiger partial charge in [0, 0.05) is 76.9 Å². The third-order valence-corrected chi connectivity index (χ3v) is 8.19. The predicted octanol–water partition coefficient (Wildman–Crippen LogP) is 9.09. The molecular formula is C41H41F3N9O6RuS2. The Morgan fingerprint density at radius 2 is 1.56 bits per heavy atom. The molecule has 21 heteroatoms. The SMILES string of the molecule is CC.CC.CN=CC=Nc1cc(-c2ccc(-c3cc(C(F)(F)F)n[n-]3)nc2)sc1C.C[N-]/C(=C\C(=C/Cc1cc(C(=O)O)ccn1)C(=O)O)c1cc(C(=O)O)ccn1.N#C[S-].[Ru+3]. The van der Waals surface area contributed by atoms with Crippen molar-refractivity contribution >= 4 is 65.7 Å². The molecule has 0 fully saturated rings. The van der Waals surface area contributed by atoms with Gasteiger partial charge in [-0.15, -0.1) is 24.1 Å². The van der Waals surface area contributed by atoms with E-state index in [1.165, 1.54) is 61.3 Å². The number of thiophene rings is 1. The molecule has 5 heterocycles. The fraction of sp³-hybridized carbons (Fsp3) is 0.220. The van der Waals surface area contributed by atoms with Gasteiger partial charge in [-0.2, -0.15) is 13.2 Å². The first-order chi connectivity index (χ1) is 29.1. The van der Waals surface area contributed by atoms with Gasteiger partial charge in [0.1, 0.15) is 5.69 Å². The van der Waals surface area contributed by atoms with Gasteiger partial charge in [-0.1, -0.05) is 50.9 Å². The summed E-state index contributed by atoms with van der Waals surface area (Å²) in [6.07, 6.45) is 5.64. The van der Waals surface area contributed by atoms with Crippen molar-refractivity contribution in [2.75, 3.05) is 14.1 Å². The average Bonchev–Trinajstić information content (AvgIpc) is 3.91. The van der Waals surface area contributed by atoms with Crippen molar-refractivity contribution in [1.82, 2.24) is 25.1 Å². The molecule has 0 aliphatic rings. The Morgan fingerprint density at radius 3 is 2.08 bits per heavy atom. The summed E-state index contributed by atoms with van der Waals surface area (Å²) in [5.74, 6) is -3.48. The van der Waals surface area contributed by atoms with E-state index < -0.39 is 29.8 Å². The Bertz CT molecular complexity index is 2370. The average molecular weight is 978 g/mol. The maximum atomic E-state index is 12.6. The molecule has 0 saturated heterocycles. The van der Waals surface area contributed by atoms with Crippen LogP contribution in [0.2, 0.25) is 0 Å². The van der Waals surface area contributed by atoms with Crippen LogP contribution in [-0.4, -0.2) is 79.8 Å². The second-order valence-corrected chi connectivity index (χ2v) is 12.3. The number of thiocyanates is 1. The van der Waals surface area contributed by atoms with Crippen LogP contribution in [0.25, 0.3) is 32.8 Å². The van der Waals surface area contributed by atoms with E-state index in [1.54, 1.807) is 49.1 Å². The Kier molecular flexibility index (Phi) is 25.9. The molecule has 0 aromatic carbocycles. The van der Waals surface area contributed by atoms with E-state index in [-0.39, 0.29) is 59.7 Å². The molecule has 0 unspecified atom stereocenters. The van der Waals surface area contributed by atoms with Gasteiger partial charge in [0.25, 0.3) is 0 Å². The molecular weight excluding hydrogens is 937 g/mol. The van der Waals surface area contributed by atoms with Crippen molar-refractivity contribution in [3.05, 3.63) is 123 Å². The first-order valence-electron chi connectivity index (χ1n) is 17.9. The number of aliphatic carboxylic acids is 1. The Balaban J connectivity index is 0.00000104. The summed E-state index contributed by atoms with van der Waals surface area (Å²) < 4.78 is 37.8. The first-order valence-corrected chi connectivity index (χ1v) is 19.1. The van der Waals surface area contributed by atoms with Crippen molar-refractivity contribution in [3.8, 4) is 27.2 Å². The molecule has 0 aliphatic heterocycles. The molecule has 62 heavy (non-hydrogen) atoms. The van der Waals surface area contributed by atoms with Crippen molar-refractivity contribution in [2.45, 2.75) is 47.2 Å². The maximum Gasteiger partial charge on any atom is 3.00 e. The summed E-state index contributed by atoms with van der Waals surface area (Å²) in [7, 11) is 3.10. The zero-order valence-corrected chi connectivity index (χ0v) is 37.6. The van der Waals surface area contributed by atoms with Crippen LogP contribution in [0.3, 0.4) is 0 Å². The normalized spacial score (nSPS) is 10.9. The van der Waals surface area contributed by atoms with Gasteiger partial charge in [0.05, 0.1) is 22.4 Å². The van der Waals surface area contributed by atoms with Crippen molar-refractivity contribution in [3.63, 3.8) is 0 Å². The molecule has 0 amide bonds. The van der Waals surface area contributed by atoms with Gasteiger partial charge in [-0.25, -0.2) is 19.6 Å². The third kappa shape index (κ3) is 18.0. The minimum absolute atomic E-state index is 0. The summed E-state index contributed by atoms with van der Waals surface area (Å²) in [5.41, 5.74) is 1.79. The van der Waals surface area contributed by atoms with Crippen molar-refractivity contribution < 1.29 is 62.4 Å². The number of aryl methyl sites for hydroxylation is 1. The van der Waals surface area contributed by atoms with Crippen LogP contribution in [0.15, 0.2) is 94.8 Å². The number of aliphatic imine (C=N–C) groups is 2. The topological polar surface area (TPSA) is 240 Å². The third-order valence-electron chi connectivity index (χ3n) is 7.10. The van der Waals surface area contributed by atoms with Crippen molar-refractivity contribution in [1.29, 1.82) is 5.26 Å². The molecule has 0 saturated carbocycles. The van der Waals surface area contributed by atoms with E-state index in [0.29, 0.717) is 11.4 Å². The van der Waals surface area contributed by atoms with Crippen LogP contribution >= 0.6 is 11.3 Å². The number of aromatic nitrogens is 5. The molecule has 5 aromatic rings. The Labute approximate surface area is 378 Å². The van der Waals surface area contributed by atoms with Gasteiger partial charge in [0.2, 0.25) is 0 Å². The number of rotatable bonds is 12.